The van der Waals surface area contributed by atoms with E-state index < -0.39 is 5.82 Å². The van der Waals surface area contributed by atoms with Crippen LogP contribution in [-0.2, 0) is 98.5 Å². The highest BCUT2D eigenvalue weighted by Gasteiger charge is 2.31. The lowest BCUT2D eigenvalue weighted by molar-refractivity contribution is 0.0695. The Morgan fingerprint density at radius 2 is 0.529 bits per heavy atom. The first-order chi connectivity index (χ1) is 65.8. The molecule has 0 aliphatic carbocycles. The molecule has 696 valence electrons. The Hall–Kier alpha value is -15.9. The molecule has 10 aromatic carbocycles. The summed E-state index contributed by atoms with van der Waals surface area (Å²) in [6.45, 7) is 16.7. The Balaban J connectivity index is 0.000000123. The van der Waals surface area contributed by atoms with Crippen LogP contribution >= 0.6 is 0 Å². The lowest BCUT2D eigenvalue weighted by Crippen LogP contribution is -2.38. The van der Waals surface area contributed by atoms with Gasteiger partial charge in [0.15, 0.2) is 0 Å². The first-order valence-corrected chi connectivity index (χ1v) is 44.2. The summed E-state index contributed by atoms with van der Waals surface area (Å²) < 4.78 is 131. The number of ether oxygens (including phenoxy) is 5. The van der Waals surface area contributed by atoms with Crippen molar-refractivity contribution < 1.29 is 78.4 Å². The second-order valence-corrected chi connectivity index (χ2v) is 33.2. The van der Waals surface area contributed by atoms with Crippen LogP contribution in [0.15, 0.2) is 267 Å². The van der Waals surface area contributed by atoms with Crippen LogP contribution in [-0.4, -0.2) is 136 Å². The van der Waals surface area contributed by atoms with E-state index in [0.717, 1.165) is 62.2 Å². The zero-order valence-electron chi connectivity index (χ0n) is 75.0. The summed E-state index contributed by atoms with van der Waals surface area (Å²) in [5.41, 5.74) is 14.3. The molecule has 0 saturated heterocycles. The highest BCUT2D eigenvalue weighted by Crippen LogP contribution is 2.29. The molecule has 136 heavy (non-hydrogen) atoms. The molecule has 0 atom stereocenters. The maximum absolute atomic E-state index is 14.1. The van der Waals surface area contributed by atoms with Gasteiger partial charge in [0.25, 0.3) is 29.5 Å². The highest BCUT2D eigenvalue weighted by atomic mass is 19.2. The quantitative estimate of drug-likeness (QED) is 0.0645. The molecule has 5 amide bonds. The Kier molecular flexibility index (Phi) is 29.7. The minimum absolute atomic E-state index is 0.0237. The number of aryl methyl sites for hydroxylation is 4. The van der Waals surface area contributed by atoms with E-state index in [0.29, 0.717) is 166 Å². The SMILES string of the molecule is Cc1ccc(C(=O)N2CCn3nc(COc4cccc(F)c4)cc3C2)c(F)c1.Cc1ccc(C(=O)N2CCn3nc(COc4cccc(F)c4)cc3C2)cc1.Cc1ccc(C(=O)N2CCn3nc(COc4cccc(F)c4)cc3C2)cc1F.Cc1cccc(C(=O)N2CCn3nc(COc4cccc(F)c4)cc3C2)c1.O=C(c1ccccc1)N1CCn2nc(COc3cccc(F)c3)cc2C1. The third kappa shape index (κ3) is 24.3. The van der Waals surface area contributed by atoms with E-state index in [1.807, 2.05) is 161 Å². The van der Waals surface area contributed by atoms with Crippen molar-refractivity contribution in [1.29, 1.82) is 0 Å². The van der Waals surface area contributed by atoms with Crippen LogP contribution < -0.4 is 23.7 Å². The first kappa shape index (κ1) is 93.3. The third-order valence-electron chi connectivity index (χ3n) is 23.0. The number of hydrogen-bond donors (Lipinski definition) is 0. The fraction of sp³-hybridized carbons (Fsp3) is 0.231. The van der Waals surface area contributed by atoms with Gasteiger partial charge >= 0.3 is 0 Å². The number of fused-ring (bicyclic) bond motifs is 5. The van der Waals surface area contributed by atoms with Crippen LogP contribution in [0.25, 0.3) is 0 Å². The number of halogens is 7. The lowest BCUT2D eigenvalue weighted by atomic mass is 10.1. The summed E-state index contributed by atoms with van der Waals surface area (Å²) in [6.07, 6.45) is 0. The van der Waals surface area contributed by atoms with E-state index in [4.69, 9.17) is 23.7 Å². The fourth-order valence-electron chi connectivity index (χ4n) is 15.9. The van der Waals surface area contributed by atoms with Crippen molar-refractivity contribution in [3.63, 3.8) is 0 Å². The number of aromatic nitrogens is 10. The predicted molar refractivity (Wildman–Crippen MR) is 490 cm³/mol. The fourth-order valence-corrected chi connectivity index (χ4v) is 15.9. The average molecular weight is 1850 g/mol. The molecular formula is C104H96F7N15O10. The zero-order chi connectivity index (χ0) is 94.9. The standard InChI is InChI=1S/2C21H19F2N3O2.2C21H20FN3O2.C20H18FN3O2/c1-14-5-6-15(9-20(14)23)21(27)25-7-8-26-18(12-25)11-17(24-26)13-28-19-4-2-3-16(22)10-19;1-14-5-6-19(20(23)9-14)21(27)25-7-8-26-17(12-25)11-16(24-26)13-28-18-4-2-3-15(22)10-18;1-15-4-2-5-16(10-15)21(26)24-8-9-25-19(13-24)12-18(23-25)14-27-20-7-3-6-17(22)11-20;1-15-5-7-16(8-6-15)21(26)24-9-10-25-19(13-24)12-18(23-25)14-27-20-4-2-3-17(22)11-20;21-16-7-4-8-19(11-16)26-14-17-12-18-13-23(9-10-24(18)22-17)20(25)15-5-2-1-3-6-15/h2*2-6,9-11H,7-8,12-13H2,1H3;2-7,10-12H,8-9,13-14H2,1H3;2-8,11-12H,9-10,13-14H2,1H3;1-8,11-12H,9-10,13-14H2. The van der Waals surface area contributed by atoms with Crippen molar-refractivity contribution in [1.82, 2.24) is 73.4 Å². The molecule has 0 spiro atoms. The average Bonchev–Trinajstić information content (AvgIpc) is 1.66. The summed E-state index contributed by atoms with van der Waals surface area (Å²) in [4.78, 5) is 72.2. The van der Waals surface area contributed by atoms with Gasteiger partial charge in [0.05, 0.1) is 99.5 Å². The highest BCUT2D eigenvalue weighted by molar-refractivity contribution is 5.97. The Morgan fingerprint density at radius 3 is 0.846 bits per heavy atom. The number of hydrogen-bond acceptors (Lipinski definition) is 15. The van der Waals surface area contributed by atoms with Gasteiger partial charge in [-0.05, 0) is 190 Å². The first-order valence-electron chi connectivity index (χ1n) is 44.2. The second kappa shape index (κ2) is 43.2. The predicted octanol–water partition coefficient (Wildman–Crippen LogP) is 17.8. The van der Waals surface area contributed by atoms with Crippen LogP contribution in [0, 0.1) is 68.4 Å². The number of rotatable bonds is 20. The summed E-state index contributed by atoms with van der Waals surface area (Å²) >= 11 is 0. The normalized spacial score (nSPS) is 13.3. The van der Waals surface area contributed by atoms with E-state index in [1.165, 1.54) is 78.9 Å². The van der Waals surface area contributed by atoms with E-state index in [9.17, 15) is 54.7 Å². The van der Waals surface area contributed by atoms with Crippen LogP contribution in [0.4, 0.5) is 30.7 Å². The largest absolute Gasteiger partial charge is 0.487 e. The summed E-state index contributed by atoms with van der Waals surface area (Å²) in [7, 11) is 0. The van der Waals surface area contributed by atoms with Gasteiger partial charge in [-0.1, -0.05) is 96.1 Å². The summed E-state index contributed by atoms with van der Waals surface area (Å²) in [5.74, 6) is -0.787. The molecule has 0 bridgehead atoms. The zero-order valence-corrected chi connectivity index (χ0v) is 75.0. The van der Waals surface area contributed by atoms with Crippen LogP contribution in [0.1, 0.15) is 131 Å². The molecule has 5 aliphatic heterocycles. The molecule has 5 aromatic heterocycles. The summed E-state index contributed by atoms with van der Waals surface area (Å²) in [6, 6.07) is 73.2. The molecule has 10 heterocycles. The summed E-state index contributed by atoms with van der Waals surface area (Å²) in [5, 5.41) is 22.5. The van der Waals surface area contributed by atoms with Gasteiger partial charge in [-0.25, -0.2) is 30.7 Å². The van der Waals surface area contributed by atoms with Gasteiger partial charge in [-0.15, -0.1) is 0 Å². The molecule has 15 aromatic rings. The van der Waals surface area contributed by atoms with Crippen LogP contribution in [0.2, 0.25) is 0 Å². The molecule has 0 fully saturated rings. The number of benzene rings is 10. The van der Waals surface area contributed by atoms with Crippen LogP contribution in [0.5, 0.6) is 28.7 Å². The monoisotopic (exact) mass is 1850 g/mol. The smallest absolute Gasteiger partial charge is 0.257 e. The molecular weight excluding hydrogens is 1750 g/mol. The van der Waals surface area contributed by atoms with E-state index in [-0.39, 0.29) is 103 Å². The van der Waals surface area contributed by atoms with Gasteiger partial charge < -0.3 is 48.2 Å². The minimum Gasteiger partial charge on any atom is -0.487 e. The molecule has 0 saturated carbocycles. The number of amides is 5. The van der Waals surface area contributed by atoms with Crippen molar-refractivity contribution >= 4 is 29.5 Å². The van der Waals surface area contributed by atoms with Crippen LogP contribution in [0.3, 0.4) is 0 Å². The number of nitrogens with zero attached hydrogens (tertiary/aromatic N) is 15. The van der Waals surface area contributed by atoms with Crippen molar-refractivity contribution in [3.05, 3.63) is 415 Å². The second-order valence-electron chi connectivity index (χ2n) is 33.2. The van der Waals surface area contributed by atoms with E-state index in [2.05, 4.69) is 25.5 Å². The molecule has 20 rings (SSSR count). The number of carbonyl (C=O) groups is 5. The maximum Gasteiger partial charge on any atom is 0.257 e. The van der Waals surface area contributed by atoms with Crippen molar-refractivity contribution in [2.75, 3.05) is 32.7 Å². The third-order valence-corrected chi connectivity index (χ3v) is 23.0. The molecule has 32 heteroatoms. The van der Waals surface area contributed by atoms with Gasteiger partial charge in [-0.2, -0.15) is 25.5 Å². The van der Waals surface area contributed by atoms with E-state index >= 15 is 0 Å². The molecule has 0 radical (unpaired) electrons. The van der Waals surface area contributed by atoms with E-state index in [1.54, 1.807) is 103 Å². The van der Waals surface area contributed by atoms with Gasteiger partial charge in [-0.3, -0.25) is 47.4 Å². The topological polar surface area (TPSA) is 237 Å². The van der Waals surface area contributed by atoms with Gasteiger partial charge in [0.1, 0.15) is 131 Å². The lowest BCUT2D eigenvalue weighted by Gasteiger charge is -2.27. The van der Waals surface area contributed by atoms with Gasteiger partial charge in [0.2, 0.25) is 0 Å². The molecule has 25 nitrogen and oxygen atoms in total. The molecule has 0 N–H and O–H groups in total. The van der Waals surface area contributed by atoms with Crippen molar-refractivity contribution in [3.8, 4) is 28.7 Å². The van der Waals surface area contributed by atoms with Gasteiger partial charge in [0, 0.05) is 85.3 Å². The Bertz CT molecular complexity index is 6800. The molecule has 5 aliphatic rings. The molecule has 0 unspecified atom stereocenters. The van der Waals surface area contributed by atoms with Crippen molar-refractivity contribution in [2.45, 2.75) is 126 Å². The Morgan fingerprint density at radius 1 is 0.250 bits per heavy atom. The minimum atomic E-state index is -0.506. The van der Waals surface area contributed by atoms with Crippen molar-refractivity contribution in [2.24, 2.45) is 0 Å². The number of carbonyl (C=O) groups excluding carboxylic acids is 5. The Labute approximate surface area is 779 Å². The maximum atomic E-state index is 14.1.